The van der Waals surface area contributed by atoms with Crippen LogP contribution in [0.3, 0.4) is 0 Å². The lowest BCUT2D eigenvalue weighted by Crippen LogP contribution is -2.05. The number of aromatic nitrogens is 3. The Balaban J connectivity index is 2.80. The average Bonchev–Trinajstić information content (AvgIpc) is 2.44. The number of aryl methyl sites for hydroxylation is 1. The highest BCUT2D eigenvalue weighted by atomic mass is 79.9. The van der Waals surface area contributed by atoms with Crippen LogP contribution in [0, 0.1) is 0 Å². The van der Waals surface area contributed by atoms with Gasteiger partial charge < -0.3 is 9.67 Å². The minimum absolute atomic E-state index is 0.00870. The number of rotatable bonds is 1. The smallest absolute Gasteiger partial charge is 0.372 e. The van der Waals surface area contributed by atoms with Gasteiger partial charge in [-0.2, -0.15) is 0 Å². The summed E-state index contributed by atoms with van der Waals surface area (Å²) in [5.41, 5.74) is 1.13. The summed E-state index contributed by atoms with van der Waals surface area (Å²) in [6.07, 6.45) is 1.58. The van der Waals surface area contributed by atoms with Gasteiger partial charge in [-0.15, -0.1) is 0 Å². The van der Waals surface area contributed by atoms with Crippen molar-refractivity contribution >= 4 is 33.1 Å². The molecule has 5 nitrogen and oxygen atoms in total. The maximum Gasteiger partial charge on any atom is 0.372 e. The first-order valence-corrected chi connectivity index (χ1v) is 4.60. The fourth-order valence-electron chi connectivity index (χ4n) is 1.24. The van der Waals surface area contributed by atoms with E-state index in [0.29, 0.717) is 11.2 Å². The number of carboxylic acids is 1. The summed E-state index contributed by atoms with van der Waals surface area (Å²) < 4.78 is 2.29. The first-order valence-electron chi connectivity index (χ1n) is 3.81. The maximum atomic E-state index is 10.8. The standard InChI is InChI=1S/C8H6BrN3O2/c1-12-5-2-4(9)3-10-6(5)11-7(12)8(13)14/h2-3H,1H3,(H,13,14). The number of fused-ring (bicyclic) bond motifs is 1. The number of hydrogen-bond donors (Lipinski definition) is 1. The summed E-state index contributed by atoms with van der Waals surface area (Å²) >= 11 is 3.26. The van der Waals surface area contributed by atoms with E-state index in [0.717, 1.165) is 4.47 Å². The topological polar surface area (TPSA) is 68.0 Å². The van der Waals surface area contributed by atoms with Crippen molar-refractivity contribution in [3.63, 3.8) is 0 Å². The van der Waals surface area contributed by atoms with Gasteiger partial charge in [0.05, 0.1) is 5.52 Å². The zero-order valence-electron chi connectivity index (χ0n) is 7.23. The highest BCUT2D eigenvalue weighted by Gasteiger charge is 2.14. The molecule has 2 aromatic rings. The van der Waals surface area contributed by atoms with Gasteiger partial charge in [-0.1, -0.05) is 0 Å². The third kappa shape index (κ3) is 1.27. The van der Waals surface area contributed by atoms with E-state index < -0.39 is 5.97 Å². The van der Waals surface area contributed by atoms with Crippen molar-refractivity contribution in [2.75, 3.05) is 0 Å². The third-order valence-corrected chi connectivity index (χ3v) is 2.33. The molecule has 0 aliphatic rings. The second-order valence-electron chi connectivity index (χ2n) is 2.80. The molecule has 0 radical (unpaired) electrons. The SMILES string of the molecule is Cn1c(C(=O)O)nc2ncc(Br)cc21. The van der Waals surface area contributed by atoms with E-state index in [1.165, 1.54) is 4.57 Å². The number of aromatic carboxylic acids is 1. The Labute approximate surface area is 87.5 Å². The van der Waals surface area contributed by atoms with Gasteiger partial charge in [-0.05, 0) is 22.0 Å². The van der Waals surface area contributed by atoms with E-state index in [1.54, 1.807) is 19.3 Å². The highest BCUT2D eigenvalue weighted by Crippen LogP contribution is 2.17. The first-order chi connectivity index (χ1) is 6.59. The number of halogens is 1. The number of hydrogen-bond acceptors (Lipinski definition) is 3. The molecule has 0 fully saturated rings. The van der Waals surface area contributed by atoms with E-state index in [2.05, 4.69) is 25.9 Å². The number of nitrogens with zero attached hydrogens (tertiary/aromatic N) is 3. The van der Waals surface area contributed by atoms with E-state index in [9.17, 15) is 4.79 Å². The number of imidazole rings is 1. The van der Waals surface area contributed by atoms with E-state index in [4.69, 9.17) is 5.11 Å². The van der Waals surface area contributed by atoms with Crippen LogP contribution in [0.2, 0.25) is 0 Å². The van der Waals surface area contributed by atoms with Crippen LogP contribution in [-0.4, -0.2) is 25.6 Å². The quantitative estimate of drug-likeness (QED) is 0.837. The molecule has 2 heterocycles. The van der Waals surface area contributed by atoms with Crippen LogP contribution >= 0.6 is 15.9 Å². The van der Waals surface area contributed by atoms with E-state index in [1.807, 2.05) is 0 Å². The van der Waals surface area contributed by atoms with E-state index in [-0.39, 0.29) is 5.82 Å². The summed E-state index contributed by atoms with van der Waals surface area (Å²) in [5, 5.41) is 8.81. The van der Waals surface area contributed by atoms with Gasteiger partial charge in [-0.25, -0.2) is 14.8 Å². The Hall–Kier alpha value is -1.43. The second kappa shape index (κ2) is 3.06. The molecule has 0 aliphatic carbocycles. The lowest BCUT2D eigenvalue weighted by molar-refractivity contribution is 0.0680. The molecule has 0 unspecified atom stereocenters. The lowest BCUT2D eigenvalue weighted by Gasteiger charge is -1.96. The van der Waals surface area contributed by atoms with Crippen LogP contribution < -0.4 is 0 Å². The van der Waals surface area contributed by atoms with E-state index >= 15 is 0 Å². The summed E-state index contributed by atoms with van der Waals surface area (Å²) in [5.74, 6) is -1.06. The Kier molecular flexibility index (Phi) is 1.99. The number of carbonyl (C=O) groups is 1. The minimum Gasteiger partial charge on any atom is -0.475 e. The largest absolute Gasteiger partial charge is 0.475 e. The predicted molar refractivity (Wildman–Crippen MR) is 53.2 cm³/mol. The molecule has 0 amide bonds. The zero-order valence-corrected chi connectivity index (χ0v) is 8.82. The minimum atomic E-state index is -1.05. The number of pyridine rings is 1. The van der Waals surface area contributed by atoms with Crippen LogP contribution in [0.1, 0.15) is 10.6 Å². The summed E-state index contributed by atoms with van der Waals surface area (Å²) in [6.45, 7) is 0. The highest BCUT2D eigenvalue weighted by molar-refractivity contribution is 9.10. The molecule has 72 valence electrons. The molecule has 0 spiro atoms. The molecule has 1 N–H and O–H groups in total. The molecule has 2 rings (SSSR count). The molecular formula is C8H6BrN3O2. The molecule has 6 heteroatoms. The van der Waals surface area contributed by atoms with Crippen molar-refractivity contribution in [1.82, 2.24) is 14.5 Å². The zero-order chi connectivity index (χ0) is 10.3. The van der Waals surface area contributed by atoms with Crippen molar-refractivity contribution in [1.29, 1.82) is 0 Å². The maximum absolute atomic E-state index is 10.8. The lowest BCUT2D eigenvalue weighted by atomic mass is 10.4. The van der Waals surface area contributed by atoms with Gasteiger partial charge in [0, 0.05) is 17.7 Å². The van der Waals surface area contributed by atoms with Crippen LogP contribution in [0.4, 0.5) is 0 Å². The van der Waals surface area contributed by atoms with Crippen molar-refractivity contribution in [3.05, 3.63) is 22.6 Å². The van der Waals surface area contributed by atoms with Crippen molar-refractivity contribution in [2.45, 2.75) is 0 Å². The molecule has 0 bridgehead atoms. The fraction of sp³-hybridized carbons (Fsp3) is 0.125. The Bertz CT molecular complexity index is 521. The molecular weight excluding hydrogens is 250 g/mol. The second-order valence-corrected chi connectivity index (χ2v) is 3.71. The van der Waals surface area contributed by atoms with Crippen molar-refractivity contribution < 1.29 is 9.90 Å². The summed E-state index contributed by atoms with van der Waals surface area (Å²) in [4.78, 5) is 18.6. The van der Waals surface area contributed by atoms with Crippen molar-refractivity contribution in [3.8, 4) is 0 Å². The van der Waals surface area contributed by atoms with Gasteiger partial charge in [0.15, 0.2) is 5.65 Å². The molecule has 14 heavy (non-hydrogen) atoms. The van der Waals surface area contributed by atoms with Gasteiger partial charge in [0.1, 0.15) is 0 Å². The molecule has 0 atom stereocenters. The van der Waals surface area contributed by atoms with Crippen LogP contribution in [-0.2, 0) is 7.05 Å². The Morgan fingerprint density at radius 2 is 2.36 bits per heavy atom. The summed E-state index contributed by atoms with van der Waals surface area (Å²) in [7, 11) is 1.65. The molecule has 0 saturated heterocycles. The van der Waals surface area contributed by atoms with Gasteiger partial charge >= 0.3 is 5.97 Å². The van der Waals surface area contributed by atoms with Gasteiger partial charge in [0.25, 0.3) is 0 Å². The average molecular weight is 256 g/mol. The van der Waals surface area contributed by atoms with Crippen LogP contribution in [0.5, 0.6) is 0 Å². The third-order valence-electron chi connectivity index (χ3n) is 1.90. The van der Waals surface area contributed by atoms with Gasteiger partial charge in [0.2, 0.25) is 5.82 Å². The Morgan fingerprint density at radius 3 is 3.00 bits per heavy atom. The molecule has 0 aliphatic heterocycles. The molecule has 2 aromatic heterocycles. The first kappa shape index (κ1) is 9.14. The van der Waals surface area contributed by atoms with Crippen LogP contribution in [0.25, 0.3) is 11.2 Å². The monoisotopic (exact) mass is 255 g/mol. The van der Waals surface area contributed by atoms with Crippen LogP contribution in [0.15, 0.2) is 16.7 Å². The predicted octanol–water partition coefficient (Wildman–Crippen LogP) is 1.43. The van der Waals surface area contributed by atoms with Gasteiger partial charge in [-0.3, -0.25) is 0 Å². The Morgan fingerprint density at radius 1 is 1.64 bits per heavy atom. The molecule has 0 saturated carbocycles. The summed E-state index contributed by atoms with van der Waals surface area (Å²) in [6, 6.07) is 1.78. The van der Waals surface area contributed by atoms with Crippen molar-refractivity contribution in [2.24, 2.45) is 7.05 Å². The fourth-order valence-corrected chi connectivity index (χ4v) is 1.55. The normalized spacial score (nSPS) is 10.7. The number of carboxylic acid groups (broad SMARTS) is 1. The molecule has 0 aromatic carbocycles.